The summed E-state index contributed by atoms with van der Waals surface area (Å²) in [6.07, 6.45) is 0. The number of hydrogen-bond acceptors (Lipinski definition) is 0. The van der Waals surface area contributed by atoms with E-state index in [1.165, 1.54) is 0 Å². The Morgan fingerprint density at radius 2 is 1.00 bits per heavy atom. The molecule has 0 heterocycles. The van der Waals surface area contributed by atoms with Crippen LogP contribution >= 0.6 is 0 Å². The molecule has 0 saturated carbocycles. The summed E-state index contributed by atoms with van der Waals surface area (Å²) >= 11 is 0. The second-order valence-electron chi connectivity index (χ2n) is 0. The minimum atomic E-state index is 0. The van der Waals surface area contributed by atoms with Crippen molar-refractivity contribution < 1.29 is 62.2 Å². The van der Waals surface area contributed by atoms with Crippen molar-refractivity contribution in [3.8, 4) is 0 Å². The molecule has 4 heteroatoms. The largest absolute Gasteiger partial charge is 2.00 e. The Kier molecular flexibility index (Phi) is 243. The molecule has 0 aliphatic rings. The predicted molar refractivity (Wildman–Crippen MR) is 1.11 cm³/mol. The first kappa shape index (κ1) is 43.6. The van der Waals surface area contributed by atoms with Crippen molar-refractivity contribution in [2.75, 3.05) is 0 Å². The standard InChI is InChI=1S/2ClH.Cu.Li.H/h2*1H;;;/q;;+2;+1;-1/p-2. The molecule has 27 valence electrons. The van der Waals surface area contributed by atoms with Crippen LogP contribution in [0, 0.1) is 0 Å². The molecule has 0 amide bonds. The Morgan fingerprint density at radius 3 is 1.00 bits per heavy atom. The summed E-state index contributed by atoms with van der Waals surface area (Å²) < 4.78 is 0. The van der Waals surface area contributed by atoms with Crippen molar-refractivity contribution in [1.82, 2.24) is 0 Å². The van der Waals surface area contributed by atoms with Gasteiger partial charge in [-0.25, -0.2) is 0 Å². The van der Waals surface area contributed by atoms with Crippen molar-refractivity contribution in [1.29, 1.82) is 0 Å². The fourth-order valence-corrected chi connectivity index (χ4v) is 0. The van der Waals surface area contributed by atoms with Crippen molar-refractivity contribution in [2.24, 2.45) is 0 Å². The first-order valence-corrected chi connectivity index (χ1v) is 0. The summed E-state index contributed by atoms with van der Waals surface area (Å²) in [6.45, 7) is 0. The third-order valence-corrected chi connectivity index (χ3v) is 0. The van der Waals surface area contributed by atoms with E-state index in [1.54, 1.807) is 0 Å². The van der Waals surface area contributed by atoms with Crippen LogP contribution in [0.1, 0.15) is 1.43 Å². The summed E-state index contributed by atoms with van der Waals surface area (Å²) in [5.41, 5.74) is 0. The van der Waals surface area contributed by atoms with E-state index in [-0.39, 0.29) is 62.2 Å². The van der Waals surface area contributed by atoms with Gasteiger partial charge in [-0.3, -0.25) is 0 Å². The van der Waals surface area contributed by atoms with Gasteiger partial charge in [0.15, 0.2) is 0 Å². The van der Waals surface area contributed by atoms with Gasteiger partial charge in [0, 0.05) is 0 Å². The molecule has 0 unspecified atom stereocenters. The molecule has 0 rings (SSSR count). The van der Waals surface area contributed by atoms with Gasteiger partial charge < -0.3 is 26.2 Å². The molecule has 0 aliphatic carbocycles. The maximum absolute atomic E-state index is 0. The van der Waals surface area contributed by atoms with Crippen LogP contribution in [0.25, 0.3) is 0 Å². The van der Waals surface area contributed by atoms with E-state index in [0.29, 0.717) is 0 Å². The summed E-state index contributed by atoms with van der Waals surface area (Å²) in [5, 5.41) is 0. The van der Waals surface area contributed by atoms with Crippen LogP contribution < -0.4 is 43.7 Å². The minimum Gasteiger partial charge on any atom is -1.00 e. The van der Waals surface area contributed by atoms with Gasteiger partial charge in [-0.15, -0.1) is 0 Å². The molecule has 0 fully saturated rings. The van der Waals surface area contributed by atoms with Crippen molar-refractivity contribution >= 4 is 0 Å². The smallest absolute Gasteiger partial charge is 1.00 e. The first-order chi connectivity index (χ1) is 0. The number of rotatable bonds is 0. The average Bonchev–Trinajstić information content (AvgIpc) is 0. The van der Waals surface area contributed by atoms with Gasteiger partial charge in [-0.05, 0) is 0 Å². The van der Waals surface area contributed by atoms with Crippen LogP contribution in [-0.4, -0.2) is 0 Å². The molecule has 0 atom stereocenters. The van der Waals surface area contributed by atoms with E-state index in [2.05, 4.69) is 0 Å². The Balaban J connectivity index is 0. The third kappa shape index (κ3) is 9.34. The van der Waals surface area contributed by atoms with Gasteiger partial charge in [0.2, 0.25) is 0 Å². The van der Waals surface area contributed by atoms with Crippen molar-refractivity contribution in [3.05, 3.63) is 0 Å². The van der Waals surface area contributed by atoms with Gasteiger partial charge in [-0.1, -0.05) is 0 Å². The van der Waals surface area contributed by atoms with Crippen molar-refractivity contribution in [3.63, 3.8) is 0 Å². The number of halogens is 2. The van der Waals surface area contributed by atoms with E-state index in [9.17, 15) is 0 Å². The molecule has 0 nitrogen and oxygen atoms in total. The Labute approximate surface area is 62.1 Å². The Bertz CT molecular complexity index is 9.61. The first-order valence-electron chi connectivity index (χ1n) is 0. The Hall–Kier alpha value is 1.70. The zero-order valence-electron chi connectivity index (χ0n) is 3.06. The summed E-state index contributed by atoms with van der Waals surface area (Å²) in [5.74, 6) is 0. The minimum absolute atomic E-state index is 0. The molecular weight excluding hydrogens is 141 g/mol. The van der Waals surface area contributed by atoms with Gasteiger partial charge in [0.05, 0.1) is 0 Å². The predicted octanol–water partition coefficient (Wildman–Crippen LogP) is -8.88. The van der Waals surface area contributed by atoms with Crippen LogP contribution in [0.15, 0.2) is 0 Å². The summed E-state index contributed by atoms with van der Waals surface area (Å²) in [4.78, 5) is 0. The zero-order chi connectivity index (χ0) is 0. The maximum atomic E-state index is 0. The molecule has 0 aromatic carbocycles. The van der Waals surface area contributed by atoms with Gasteiger partial charge >= 0.3 is 35.9 Å². The third-order valence-electron chi connectivity index (χ3n) is 0. The van der Waals surface area contributed by atoms with Crippen LogP contribution in [0.4, 0.5) is 0 Å². The molecule has 0 aromatic rings. The second kappa shape index (κ2) is 22.3. The van der Waals surface area contributed by atoms with Crippen LogP contribution in [0.5, 0.6) is 0 Å². The molecule has 0 bridgehead atoms. The van der Waals surface area contributed by atoms with Crippen LogP contribution in [0.3, 0.4) is 0 Å². The monoisotopic (exact) mass is 141 g/mol. The molecule has 0 aromatic heterocycles. The molecule has 0 N–H and O–H groups in total. The number of hydrogen-bond donors (Lipinski definition) is 0. The molecular formula is HCl2CuLi. The van der Waals surface area contributed by atoms with Crippen molar-refractivity contribution in [2.45, 2.75) is 0 Å². The molecule has 0 spiro atoms. The van der Waals surface area contributed by atoms with E-state index < -0.39 is 0 Å². The van der Waals surface area contributed by atoms with Gasteiger partial charge in [0.25, 0.3) is 0 Å². The molecule has 1 radical (unpaired) electrons. The summed E-state index contributed by atoms with van der Waals surface area (Å²) in [6, 6.07) is 0. The van der Waals surface area contributed by atoms with E-state index >= 15 is 0 Å². The van der Waals surface area contributed by atoms with Gasteiger partial charge in [0.1, 0.15) is 0 Å². The molecule has 0 saturated heterocycles. The Morgan fingerprint density at radius 1 is 1.00 bits per heavy atom. The van der Waals surface area contributed by atoms with Crippen LogP contribution in [0.2, 0.25) is 0 Å². The average molecular weight is 142 g/mol. The second-order valence-corrected chi connectivity index (χ2v) is 0. The van der Waals surface area contributed by atoms with E-state index in [1.807, 2.05) is 0 Å². The fourth-order valence-electron chi connectivity index (χ4n) is 0. The zero-order valence-corrected chi connectivity index (χ0v) is 4.51. The molecule has 4 heavy (non-hydrogen) atoms. The SMILES string of the molecule is [Cl-].[Cl-].[Cu+2].[H-].[Li+]. The topological polar surface area (TPSA) is 0 Å². The van der Waals surface area contributed by atoms with E-state index in [4.69, 9.17) is 0 Å². The maximum Gasteiger partial charge on any atom is 2.00 e. The quantitative estimate of drug-likeness (QED) is 0.295. The summed E-state index contributed by atoms with van der Waals surface area (Å²) in [7, 11) is 0. The van der Waals surface area contributed by atoms with Crippen LogP contribution in [-0.2, 0) is 17.1 Å². The molecule has 0 aliphatic heterocycles. The van der Waals surface area contributed by atoms with E-state index in [0.717, 1.165) is 0 Å². The normalized spacial score (nSPS) is 0. The van der Waals surface area contributed by atoms with Gasteiger partial charge in [-0.2, -0.15) is 0 Å². The fraction of sp³-hybridized carbons (Fsp3) is 0.